The highest BCUT2D eigenvalue weighted by Crippen LogP contribution is 2.22. The molecule has 4 aromatic rings. The fraction of sp³-hybridized carbons (Fsp3) is 0. The number of hydrogen-bond donors (Lipinski definition) is 2. The number of rotatable bonds is 8. The van der Waals surface area contributed by atoms with E-state index in [0.29, 0.717) is 27.8 Å². The van der Waals surface area contributed by atoms with Gasteiger partial charge in [-0.1, -0.05) is 48.0 Å². The number of ether oxygens (including phenoxy) is 1. The Balaban J connectivity index is 1.41. The molecule has 4 aromatic carbocycles. The summed E-state index contributed by atoms with van der Waals surface area (Å²) in [5.74, 6) is 0.773. The van der Waals surface area contributed by atoms with E-state index in [4.69, 9.17) is 16.3 Å². The number of nitrogens with one attached hydrogen (secondary N) is 2. The van der Waals surface area contributed by atoms with Crippen LogP contribution in [0.5, 0.6) is 11.5 Å². The lowest BCUT2D eigenvalue weighted by Crippen LogP contribution is -2.19. The Bertz CT molecular complexity index is 1460. The molecule has 0 bridgehead atoms. The van der Waals surface area contributed by atoms with Gasteiger partial charge in [0.15, 0.2) is 0 Å². The molecule has 9 heteroatoms. The molecule has 0 saturated carbocycles. The minimum atomic E-state index is -3.90. The summed E-state index contributed by atoms with van der Waals surface area (Å²) in [6.45, 7) is 0. The molecular weight excluding hydrogens is 486 g/mol. The van der Waals surface area contributed by atoms with Crippen molar-refractivity contribution in [3.63, 3.8) is 0 Å². The molecule has 0 saturated heterocycles. The predicted octanol–water partition coefficient (Wildman–Crippen LogP) is 5.70. The van der Waals surface area contributed by atoms with Crippen LogP contribution in [0, 0.1) is 0 Å². The van der Waals surface area contributed by atoms with Crippen LogP contribution < -0.4 is 14.9 Å². The zero-order valence-electron chi connectivity index (χ0n) is 18.3. The molecule has 176 valence electrons. The van der Waals surface area contributed by atoms with Crippen LogP contribution >= 0.6 is 11.6 Å². The Hall–Kier alpha value is -4.14. The lowest BCUT2D eigenvalue weighted by Gasteiger charge is -2.09. The molecule has 0 fully saturated rings. The molecule has 2 N–H and O–H groups in total. The summed E-state index contributed by atoms with van der Waals surface area (Å²) in [4.78, 5) is 12.5. The Morgan fingerprint density at radius 3 is 2.31 bits per heavy atom. The standard InChI is InChI=1S/C26H20ClN3O4S/c27-21-12-14-22(15-13-21)30-35(32,33)25-11-5-7-20(17-25)26(31)29-28-18-19-6-4-10-24(16-19)34-23-8-2-1-3-9-23/h1-18,30H,(H,29,31)/b28-18-. The van der Waals surface area contributed by atoms with Gasteiger partial charge in [0, 0.05) is 16.3 Å². The van der Waals surface area contributed by atoms with Crippen LogP contribution in [-0.4, -0.2) is 20.5 Å². The number of carbonyl (C=O) groups is 1. The summed E-state index contributed by atoms with van der Waals surface area (Å²) in [5, 5.41) is 4.46. The van der Waals surface area contributed by atoms with Gasteiger partial charge in [0.05, 0.1) is 11.1 Å². The van der Waals surface area contributed by atoms with Crippen molar-refractivity contribution < 1.29 is 17.9 Å². The number of anilines is 1. The molecular formula is C26H20ClN3O4S. The number of amides is 1. The second-order valence-electron chi connectivity index (χ2n) is 7.33. The van der Waals surface area contributed by atoms with Gasteiger partial charge in [-0.15, -0.1) is 0 Å². The van der Waals surface area contributed by atoms with E-state index in [1.807, 2.05) is 48.5 Å². The highest BCUT2D eigenvalue weighted by Gasteiger charge is 2.16. The first-order valence-electron chi connectivity index (χ1n) is 10.4. The Kier molecular flexibility index (Phi) is 7.45. The van der Waals surface area contributed by atoms with Crippen LogP contribution in [0.25, 0.3) is 0 Å². The number of halogens is 1. The lowest BCUT2D eigenvalue weighted by molar-refractivity contribution is 0.0955. The molecule has 0 aromatic heterocycles. The maximum atomic E-state index is 12.7. The Morgan fingerprint density at radius 2 is 1.54 bits per heavy atom. The van der Waals surface area contributed by atoms with E-state index in [1.165, 1.54) is 30.5 Å². The number of carbonyl (C=O) groups excluding carboxylic acids is 1. The minimum absolute atomic E-state index is 0.0603. The molecule has 0 aliphatic heterocycles. The number of nitrogens with zero attached hydrogens (tertiary/aromatic N) is 1. The zero-order chi connectivity index (χ0) is 24.7. The fourth-order valence-electron chi connectivity index (χ4n) is 3.05. The van der Waals surface area contributed by atoms with Crippen molar-refractivity contribution >= 4 is 39.4 Å². The molecule has 35 heavy (non-hydrogen) atoms. The third-order valence-corrected chi connectivity index (χ3v) is 6.35. The average Bonchev–Trinajstić information content (AvgIpc) is 2.86. The summed E-state index contributed by atoms with van der Waals surface area (Å²) in [6, 6.07) is 28.5. The normalized spacial score (nSPS) is 11.2. The largest absolute Gasteiger partial charge is 0.457 e. The van der Waals surface area contributed by atoms with E-state index >= 15 is 0 Å². The van der Waals surface area contributed by atoms with E-state index in [9.17, 15) is 13.2 Å². The number of sulfonamides is 1. The maximum absolute atomic E-state index is 12.7. The first-order valence-corrected chi connectivity index (χ1v) is 12.3. The van der Waals surface area contributed by atoms with Crippen LogP contribution in [0.4, 0.5) is 5.69 Å². The molecule has 0 radical (unpaired) electrons. The van der Waals surface area contributed by atoms with Crippen molar-refractivity contribution in [1.82, 2.24) is 5.43 Å². The fourth-order valence-corrected chi connectivity index (χ4v) is 4.28. The topological polar surface area (TPSA) is 96.9 Å². The first kappa shape index (κ1) is 24.0. The van der Waals surface area contributed by atoms with Gasteiger partial charge in [-0.25, -0.2) is 13.8 Å². The van der Waals surface area contributed by atoms with Crippen molar-refractivity contribution in [2.75, 3.05) is 4.72 Å². The summed E-state index contributed by atoms with van der Waals surface area (Å²) in [7, 11) is -3.90. The van der Waals surface area contributed by atoms with E-state index in [0.717, 1.165) is 0 Å². The van der Waals surface area contributed by atoms with Gasteiger partial charge >= 0.3 is 0 Å². The van der Waals surface area contributed by atoms with Crippen LogP contribution in [-0.2, 0) is 10.0 Å². The summed E-state index contributed by atoms with van der Waals surface area (Å²) < 4.78 is 33.7. The van der Waals surface area contributed by atoms with Crippen LogP contribution in [0.1, 0.15) is 15.9 Å². The second-order valence-corrected chi connectivity index (χ2v) is 9.45. The summed E-state index contributed by atoms with van der Waals surface area (Å²) >= 11 is 5.84. The van der Waals surface area contributed by atoms with Crippen molar-refractivity contribution in [3.8, 4) is 11.5 Å². The van der Waals surface area contributed by atoms with Crippen molar-refractivity contribution in [2.24, 2.45) is 5.10 Å². The molecule has 0 unspecified atom stereocenters. The molecule has 0 aliphatic carbocycles. The quantitative estimate of drug-likeness (QED) is 0.237. The average molecular weight is 506 g/mol. The molecule has 4 rings (SSSR count). The van der Waals surface area contributed by atoms with Gasteiger partial charge in [0.1, 0.15) is 11.5 Å². The number of para-hydroxylation sites is 1. The van der Waals surface area contributed by atoms with Gasteiger partial charge in [0.2, 0.25) is 0 Å². The van der Waals surface area contributed by atoms with Gasteiger partial charge in [-0.2, -0.15) is 5.10 Å². The van der Waals surface area contributed by atoms with Crippen LogP contribution in [0.2, 0.25) is 5.02 Å². The number of hydrazone groups is 1. The smallest absolute Gasteiger partial charge is 0.271 e. The zero-order valence-corrected chi connectivity index (χ0v) is 19.8. The van der Waals surface area contributed by atoms with Crippen LogP contribution in [0.3, 0.4) is 0 Å². The van der Waals surface area contributed by atoms with Crippen molar-refractivity contribution in [1.29, 1.82) is 0 Å². The monoisotopic (exact) mass is 505 g/mol. The van der Waals surface area contributed by atoms with Crippen molar-refractivity contribution in [3.05, 3.63) is 119 Å². The third-order valence-electron chi connectivity index (χ3n) is 4.72. The second kappa shape index (κ2) is 10.9. The van der Waals surface area contributed by atoms with Gasteiger partial charge in [-0.05, 0) is 72.3 Å². The van der Waals surface area contributed by atoms with Gasteiger partial charge in [0.25, 0.3) is 15.9 Å². The third kappa shape index (κ3) is 6.69. The first-order chi connectivity index (χ1) is 16.9. The molecule has 0 heterocycles. The minimum Gasteiger partial charge on any atom is -0.457 e. The summed E-state index contributed by atoms with van der Waals surface area (Å²) in [6.07, 6.45) is 1.47. The SMILES string of the molecule is O=C(N/N=C\c1cccc(Oc2ccccc2)c1)c1cccc(S(=O)(=O)Nc2ccc(Cl)cc2)c1. The Labute approximate surface area is 208 Å². The molecule has 0 aliphatic rings. The van der Waals surface area contributed by atoms with Crippen LogP contribution in [0.15, 0.2) is 113 Å². The molecule has 0 atom stereocenters. The van der Waals surface area contributed by atoms with Crippen molar-refractivity contribution in [2.45, 2.75) is 4.90 Å². The summed E-state index contributed by atoms with van der Waals surface area (Å²) in [5.41, 5.74) is 3.62. The predicted molar refractivity (Wildman–Crippen MR) is 137 cm³/mol. The molecule has 0 spiro atoms. The lowest BCUT2D eigenvalue weighted by atomic mass is 10.2. The van der Waals surface area contributed by atoms with Gasteiger partial charge < -0.3 is 4.74 Å². The van der Waals surface area contributed by atoms with E-state index in [-0.39, 0.29) is 10.5 Å². The highest BCUT2D eigenvalue weighted by molar-refractivity contribution is 7.92. The van der Waals surface area contributed by atoms with E-state index in [1.54, 1.807) is 30.3 Å². The number of hydrogen-bond acceptors (Lipinski definition) is 5. The molecule has 7 nitrogen and oxygen atoms in total. The van der Waals surface area contributed by atoms with E-state index in [2.05, 4.69) is 15.2 Å². The highest BCUT2D eigenvalue weighted by atomic mass is 35.5. The Morgan fingerprint density at radius 1 is 0.829 bits per heavy atom. The number of benzene rings is 4. The van der Waals surface area contributed by atoms with Gasteiger partial charge in [-0.3, -0.25) is 9.52 Å². The molecule has 1 amide bonds. The van der Waals surface area contributed by atoms with E-state index < -0.39 is 15.9 Å². The maximum Gasteiger partial charge on any atom is 0.271 e.